The Morgan fingerprint density at radius 3 is 2.49 bits per heavy atom. The van der Waals surface area contributed by atoms with Crippen LogP contribution < -0.4 is 34.3 Å². The smallest absolute Gasteiger partial charge is 0.258 e. The molecule has 226 valence electrons. The third kappa shape index (κ3) is 6.61. The van der Waals surface area contributed by atoms with E-state index >= 15 is 0 Å². The highest BCUT2D eigenvalue weighted by molar-refractivity contribution is 5.96. The van der Waals surface area contributed by atoms with Crippen molar-refractivity contribution in [3.8, 4) is 28.7 Å². The molecule has 0 spiro atoms. The molecule has 4 bridgehead atoms. The fraction of sp³-hybridized carbons (Fsp3) is 0.344. The predicted octanol–water partition coefficient (Wildman–Crippen LogP) is 3.12. The number of carbonyl (C=O) groups is 3. The van der Waals surface area contributed by atoms with Crippen LogP contribution in [0.25, 0.3) is 0 Å². The van der Waals surface area contributed by atoms with Crippen LogP contribution >= 0.6 is 0 Å². The number of aryl methyl sites for hydroxylation is 1. The van der Waals surface area contributed by atoms with E-state index in [1.807, 2.05) is 13.0 Å². The summed E-state index contributed by atoms with van der Waals surface area (Å²) in [5.74, 6) is 1.62. The van der Waals surface area contributed by atoms with Crippen molar-refractivity contribution in [2.75, 3.05) is 41.0 Å². The number of hydrogen-bond donors (Lipinski definition) is 2. The van der Waals surface area contributed by atoms with Gasteiger partial charge in [-0.15, -0.1) is 0 Å². The van der Waals surface area contributed by atoms with Gasteiger partial charge in [0.25, 0.3) is 17.7 Å². The number of amides is 3. The highest BCUT2D eigenvalue weighted by atomic mass is 16.5. The van der Waals surface area contributed by atoms with Crippen LogP contribution in [0.15, 0.2) is 54.6 Å². The number of ether oxygens (including phenoxy) is 5. The Kier molecular flexibility index (Phi) is 8.89. The summed E-state index contributed by atoms with van der Waals surface area (Å²) >= 11 is 0. The van der Waals surface area contributed by atoms with Gasteiger partial charge in [0.15, 0.2) is 18.1 Å². The van der Waals surface area contributed by atoms with Crippen molar-refractivity contribution in [3.05, 3.63) is 76.9 Å². The Bertz CT molecular complexity index is 1520. The topological polar surface area (TPSA) is 125 Å². The molecule has 0 unspecified atom stereocenters. The van der Waals surface area contributed by atoms with Gasteiger partial charge in [-0.2, -0.15) is 0 Å². The molecule has 0 saturated carbocycles. The number of nitrogens with one attached hydrogen (secondary N) is 2. The lowest BCUT2D eigenvalue weighted by Crippen LogP contribution is -2.58. The van der Waals surface area contributed by atoms with Gasteiger partial charge in [-0.3, -0.25) is 14.4 Å². The first-order valence-electron chi connectivity index (χ1n) is 14.0. The van der Waals surface area contributed by atoms with E-state index in [-0.39, 0.29) is 37.4 Å². The molecule has 43 heavy (non-hydrogen) atoms. The molecule has 3 amide bonds. The number of nitrogens with zero attached hydrogens (tertiary/aromatic N) is 1. The third-order valence-electron chi connectivity index (χ3n) is 7.61. The molecule has 3 heterocycles. The molecule has 3 aromatic carbocycles. The average Bonchev–Trinajstić information content (AvgIpc) is 3.03. The number of benzene rings is 3. The molecule has 1 saturated heterocycles. The van der Waals surface area contributed by atoms with Crippen molar-refractivity contribution >= 4 is 17.7 Å². The van der Waals surface area contributed by atoms with Crippen LogP contribution in [0.3, 0.4) is 0 Å². The Morgan fingerprint density at radius 1 is 0.930 bits per heavy atom. The number of hydrogen-bond acceptors (Lipinski definition) is 8. The maximum Gasteiger partial charge on any atom is 0.258 e. The van der Waals surface area contributed by atoms with Gasteiger partial charge in [-0.1, -0.05) is 6.07 Å². The van der Waals surface area contributed by atoms with E-state index in [1.54, 1.807) is 60.5 Å². The maximum atomic E-state index is 13.6. The number of carbonyl (C=O) groups excluding carboxylic acids is 3. The van der Waals surface area contributed by atoms with Crippen molar-refractivity contribution < 1.29 is 38.1 Å². The van der Waals surface area contributed by atoms with Gasteiger partial charge in [0.05, 0.1) is 27.4 Å². The van der Waals surface area contributed by atoms with E-state index in [0.717, 1.165) is 11.1 Å². The number of rotatable bonds is 4. The minimum atomic E-state index is -0.541. The predicted molar refractivity (Wildman–Crippen MR) is 157 cm³/mol. The molecule has 1 fully saturated rings. The van der Waals surface area contributed by atoms with E-state index in [1.165, 1.54) is 14.2 Å². The fourth-order valence-corrected chi connectivity index (χ4v) is 5.20. The molecule has 0 radical (unpaired) electrons. The van der Waals surface area contributed by atoms with E-state index < -0.39 is 12.1 Å². The van der Waals surface area contributed by atoms with Gasteiger partial charge < -0.3 is 39.2 Å². The Morgan fingerprint density at radius 2 is 1.72 bits per heavy atom. The first-order valence-corrected chi connectivity index (χ1v) is 14.0. The fourth-order valence-electron chi connectivity index (χ4n) is 5.20. The van der Waals surface area contributed by atoms with Crippen LogP contribution in [-0.2, 0) is 11.3 Å². The molecule has 3 aliphatic rings. The van der Waals surface area contributed by atoms with Crippen LogP contribution in [0.4, 0.5) is 0 Å². The average molecular weight is 590 g/mol. The summed E-state index contributed by atoms with van der Waals surface area (Å²) in [5, 5.41) is 5.91. The largest absolute Gasteiger partial charge is 0.496 e. The molecule has 11 nitrogen and oxygen atoms in total. The van der Waals surface area contributed by atoms with Crippen molar-refractivity contribution in [1.29, 1.82) is 0 Å². The molecule has 3 aromatic rings. The van der Waals surface area contributed by atoms with Crippen LogP contribution in [-0.4, -0.2) is 75.8 Å². The Labute approximate surface area is 250 Å². The van der Waals surface area contributed by atoms with Crippen molar-refractivity contribution in [2.45, 2.75) is 32.0 Å². The van der Waals surface area contributed by atoms with Gasteiger partial charge in [0.1, 0.15) is 23.4 Å². The lowest BCUT2D eigenvalue weighted by atomic mass is 9.99. The minimum Gasteiger partial charge on any atom is -0.496 e. The summed E-state index contributed by atoms with van der Waals surface area (Å²) in [4.78, 5) is 41.3. The van der Waals surface area contributed by atoms with Gasteiger partial charge in [0.2, 0.25) is 0 Å². The molecular formula is C32H35N3O8. The van der Waals surface area contributed by atoms with Crippen molar-refractivity contribution in [3.63, 3.8) is 0 Å². The number of likely N-dealkylation sites (tertiary alicyclic amines) is 1. The van der Waals surface area contributed by atoms with Crippen LogP contribution in [0.2, 0.25) is 0 Å². The number of methoxy groups -OCH3 is 3. The highest BCUT2D eigenvalue weighted by Crippen LogP contribution is 2.30. The van der Waals surface area contributed by atoms with Crippen molar-refractivity contribution in [2.24, 2.45) is 0 Å². The second-order valence-corrected chi connectivity index (χ2v) is 10.4. The zero-order valence-electron chi connectivity index (χ0n) is 24.6. The lowest BCUT2D eigenvalue weighted by Gasteiger charge is -2.39. The number of fused-ring (bicyclic) bond motifs is 7. The van der Waals surface area contributed by atoms with E-state index in [2.05, 4.69) is 10.6 Å². The van der Waals surface area contributed by atoms with E-state index in [0.29, 0.717) is 52.8 Å². The SMILES string of the molecule is COc1cc2ccc1CNC(=O)COc1cc(ccc1C)C(=O)N[C@H]1CN(C(=O)c3ccc(OC)c(OC)c3)CC[C@H]1O2. The summed E-state index contributed by atoms with van der Waals surface area (Å²) < 4.78 is 28.4. The lowest BCUT2D eigenvalue weighted by molar-refractivity contribution is -0.123. The monoisotopic (exact) mass is 589 g/mol. The summed E-state index contributed by atoms with van der Waals surface area (Å²) in [7, 11) is 4.60. The molecule has 0 aliphatic carbocycles. The quantitative estimate of drug-likeness (QED) is 0.476. The normalized spacial score (nSPS) is 18.7. The molecule has 6 rings (SSSR count). The standard InChI is InChI=1S/C32H35N3O8/c1-19-5-6-20-13-27(19)42-18-30(36)33-16-22-7-9-23(15-28(22)40-3)43-25-11-12-35(17-24(25)34-31(20)37)32(38)21-8-10-26(39-2)29(14-21)41-4/h5-10,13-15,24-25H,11-12,16-18H2,1-4H3,(H,33,36)(H,34,37)/t24-,25+/m0/s1. The van der Waals surface area contributed by atoms with Crippen molar-refractivity contribution in [1.82, 2.24) is 15.5 Å². The highest BCUT2D eigenvalue weighted by Gasteiger charge is 2.35. The third-order valence-corrected chi connectivity index (χ3v) is 7.61. The molecule has 2 atom stereocenters. The zero-order valence-corrected chi connectivity index (χ0v) is 24.6. The first kappa shape index (κ1) is 29.6. The second-order valence-electron chi connectivity index (χ2n) is 10.4. The second kappa shape index (κ2) is 12.9. The summed E-state index contributed by atoms with van der Waals surface area (Å²) in [6.07, 6.45) is 0.0253. The van der Waals surface area contributed by atoms with E-state index in [9.17, 15) is 14.4 Å². The minimum absolute atomic E-state index is 0.203. The van der Waals surface area contributed by atoms with Crippen LogP contribution in [0.5, 0.6) is 28.7 Å². The maximum absolute atomic E-state index is 13.6. The van der Waals surface area contributed by atoms with Gasteiger partial charge in [-0.05, 0) is 55.0 Å². The molecule has 3 aliphatic heterocycles. The Balaban J connectivity index is 1.46. The van der Waals surface area contributed by atoms with Gasteiger partial charge in [0, 0.05) is 48.8 Å². The molecule has 2 N–H and O–H groups in total. The summed E-state index contributed by atoms with van der Waals surface area (Å²) in [6, 6.07) is 14.9. The zero-order chi connectivity index (χ0) is 30.5. The molecule has 0 aromatic heterocycles. The number of piperidine rings is 1. The molecule has 11 heteroatoms. The van der Waals surface area contributed by atoms with Gasteiger partial charge >= 0.3 is 0 Å². The van der Waals surface area contributed by atoms with Gasteiger partial charge in [-0.25, -0.2) is 0 Å². The first-order chi connectivity index (χ1) is 20.8. The summed E-state index contributed by atoms with van der Waals surface area (Å²) in [6.45, 7) is 2.49. The van der Waals surface area contributed by atoms with Crippen LogP contribution in [0.1, 0.15) is 38.3 Å². The summed E-state index contributed by atoms with van der Waals surface area (Å²) in [5.41, 5.74) is 2.35. The Hall–Kier alpha value is -4.93. The molecular weight excluding hydrogens is 554 g/mol. The van der Waals surface area contributed by atoms with Crippen LogP contribution in [0, 0.1) is 6.92 Å². The van der Waals surface area contributed by atoms with E-state index in [4.69, 9.17) is 23.7 Å².